The number of aliphatic hydroxyl groups is 1. The Morgan fingerprint density at radius 2 is 2.24 bits per heavy atom. The van der Waals surface area contributed by atoms with E-state index in [-0.39, 0.29) is 17.9 Å². The Hall–Kier alpha value is -1.01. The number of nitrogens with one attached hydrogen (secondary N) is 1. The lowest BCUT2D eigenvalue weighted by Crippen LogP contribution is -2.36. The second kappa shape index (κ2) is 6.07. The number of amides is 1. The first-order valence-electron chi connectivity index (χ1n) is 5.70. The highest BCUT2D eigenvalue weighted by Crippen LogP contribution is 2.15. The molecule has 2 N–H and O–H groups in total. The van der Waals surface area contributed by atoms with Crippen molar-refractivity contribution in [1.82, 2.24) is 14.9 Å². The topological polar surface area (TPSA) is 75.1 Å². The van der Waals surface area contributed by atoms with Gasteiger partial charge in [-0.1, -0.05) is 31.7 Å². The molecule has 5 nitrogen and oxygen atoms in total. The van der Waals surface area contributed by atoms with Gasteiger partial charge < -0.3 is 10.4 Å². The lowest BCUT2D eigenvalue weighted by molar-refractivity contribution is 0.0914. The number of rotatable bonds is 6. The van der Waals surface area contributed by atoms with Gasteiger partial charge >= 0.3 is 0 Å². The van der Waals surface area contributed by atoms with E-state index in [2.05, 4.69) is 14.9 Å². The molecule has 0 aromatic carbocycles. The van der Waals surface area contributed by atoms with Crippen molar-refractivity contribution in [2.45, 2.75) is 33.6 Å². The number of aromatic nitrogens is 2. The van der Waals surface area contributed by atoms with Crippen LogP contribution < -0.4 is 5.32 Å². The van der Waals surface area contributed by atoms with Gasteiger partial charge in [0.1, 0.15) is 4.88 Å². The van der Waals surface area contributed by atoms with Gasteiger partial charge in [0.15, 0.2) is 0 Å². The molecule has 6 heteroatoms. The van der Waals surface area contributed by atoms with Crippen LogP contribution in [0.2, 0.25) is 0 Å². The Morgan fingerprint density at radius 3 is 2.82 bits per heavy atom. The third-order valence-electron chi connectivity index (χ3n) is 2.40. The van der Waals surface area contributed by atoms with Gasteiger partial charge in [-0.05, 0) is 18.0 Å². The molecule has 0 fully saturated rings. The summed E-state index contributed by atoms with van der Waals surface area (Å²) in [5, 5.41) is 15.9. The summed E-state index contributed by atoms with van der Waals surface area (Å²) in [6.45, 7) is 6.30. The zero-order valence-electron chi connectivity index (χ0n) is 10.5. The quantitative estimate of drug-likeness (QED) is 0.804. The number of hydrogen-bond donors (Lipinski definition) is 2. The van der Waals surface area contributed by atoms with Gasteiger partial charge in [-0.25, -0.2) is 0 Å². The van der Waals surface area contributed by atoms with Crippen molar-refractivity contribution in [3.8, 4) is 0 Å². The molecule has 0 bridgehead atoms. The average molecular weight is 257 g/mol. The van der Waals surface area contributed by atoms with Crippen LogP contribution in [0.25, 0.3) is 0 Å². The van der Waals surface area contributed by atoms with Crippen LogP contribution in [0.3, 0.4) is 0 Å². The first-order valence-corrected chi connectivity index (χ1v) is 6.48. The van der Waals surface area contributed by atoms with Crippen molar-refractivity contribution in [2.75, 3.05) is 13.2 Å². The molecule has 1 rings (SSSR count). The van der Waals surface area contributed by atoms with Crippen LogP contribution in [0, 0.1) is 5.41 Å². The largest absolute Gasteiger partial charge is 0.396 e. The van der Waals surface area contributed by atoms with E-state index >= 15 is 0 Å². The van der Waals surface area contributed by atoms with Gasteiger partial charge in [-0.2, -0.15) is 0 Å². The smallest absolute Gasteiger partial charge is 0.264 e. The molecule has 0 saturated carbocycles. The predicted octanol–water partition coefficient (Wildman–Crippen LogP) is 1.24. The number of nitrogens with zero attached hydrogens (tertiary/aromatic N) is 2. The molecule has 0 aliphatic heterocycles. The van der Waals surface area contributed by atoms with Crippen molar-refractivity contribution in [3.63, 3.8) is 0 Å². The Bertz CT molecular complexity index is 377. The highest BCUT2D eigenvalue weighted by Gasteiger charge is 2.20. The molecule has 0 atom stereocenters. The van der Waals surface area contributed by atoms with Gasteiger partial charge in [0, 0.05) is 18.6 Å². The first-order chi connectivity index (χ1) is 8.00. The van der Waals surface area contributed by atoms with E-state index in [0.717, 1.165) is 30.1 Å². The summed E-state index contributed by atoms with van der Waals surface area (Å²) in [6, 6.07) is 0. The lowest BCUT2D eigenvalue weighted by Gasteiger charge is -2.21. The van der Waals surface area contributed by atoms with Gasteiger partial charge in [0.25, 0.3) is 5.91 Å². The normalized spacial score (nSPS) is 11.5. The minimum absolute atomic E-state index is 0.0377. The summed E-state index contributed by atoms with van der Waals surface area (Å²) in [5.74, 6) is -0.148. The Morgan fingerprint density at radius 1 is 1.53 bits per heavy atom. The zero-order chi connectivity index (χ0) is 12.9. The third-order valence-corrected chi connectivity index (χ3v) is 3.17. The molecule has 0 spiro atoms. The lowest BCUT2D eigenvalue weighted by atomic mass is 9.95. The molecule has 1 heterocycles. The average Bonchev–Trinajstić information content (AvgIpc) is 2.75. The number of aryl methyl sites for hydroxylation is 1. The summed E-state index contributed by atoms with van der Waals surface area (Å²) in [5.41, 5.74) is 0.454. The zero-order valence-corrected chi connectivity index (χ0v) is 11.3. The maximum Gasteiger partial charge on any atom is 0.264 e. The molecule has 0 radical (unpaired) electrons. The number of aliphatic hydroxyl groups excluding tert-OH is 1. The molecule has 1 amide bonds. The fraction of sp³-hybridized carbons (Fsp3) is 0.727. The maximum atomic E-state index is 11.9. The molecule has 96 valence electrons. The van der Waals surface area contributed by atoms with Gasteiger partial charge in [0.05, 0.1) is 5.69 Å². The number of carbonyl (C=O) groups excluding carboxylic acids is 1. The number of hydrogen-bond acceptors (Lipinski definition) is 5. The molecule has 1 aromatic rings. The monoisotopic (exact) mass is 257 g/mol. The summed E-state index contributed by atoms with van der Waals surface area (Å²) in [7, 11) is 0. The fourth-order valence-electron chi connectivity index (χ4n) is 1.24. The molecular formula is C11H19N3O2S. The molecule has 0 unspecified atom stereocenters. The van der Waals surface area contributed by atoms with Crippen LogP contribution in [-0.2, 0) is 6.42 Å². The Kier molecular flexibility index (Phi) is 5.02. The molecule has 0 aliphatic rings. The summed E-state index contributed by atoms with van der Waals surface area (Å²) in [4.78, 5) is 12.5. The summed E-state index contributed by atoms with van der Waals surface area (Å²) in [6.07, 6.45) is 1.70. The van der Waals surface area contributed by atoms with Crippen LogP contribution in [0.15, 0.2) is 0 Å². The van der Waals surface area contributed by atoms with Crippen LogP contribution in [0.4, 0.5) is 0 Å². The molecule has 0 aliphatic carbocycles. The van der Waals surface area contributed by atoms with Crippen molar-refractivity contribution in [1.29, 1.82) is 0 Å². The van der Waals surface area contributed by atoms with Crippen molar-refractivity contribution >= 4 is 17.4 Å². The van der Waals surface area contributed by atoms with Crippen molar-refractivity contribution in [3.05, 3.63) is 10.6 Å². The molecule has 17 heavy (non-hydrogen) atoms. The summed E-state index contributed by atoms with van der Waals surface area (Å²) >= 11 is 1.12. The van der Waals surface area contributed by atoms with Gasteiger partial charge in [-0.15, -0.1) is 5.10 Å². The Balaban J connectivity index is 2.61. The molecule has 1 aromatic heterocycles. The van der Waals surface area contributed by atoms with E-state index in [0.29, 0.717) is 11.4 Å². The van der Waals surface area contributed by atoms with E-state index in [4.69, 9.17) is 5.11 Å². The van der Waals surface area contributed by atoms with Crippen molar-refractivity contribution in [2.24, 2.45) is 5.41 Å². The second-order valence-corrected chi connectivity index (χ2v) is 5.56. The van der Waals surface area contributed by atoms with Gasteiger partial charge in [-0.3, -0.25) is 4.79 Å². The highest BCUT2D eigenvalue weighted by atomic mass is 32.1. The third kappa shape index (κ3) is 4.05. The predicted molar refractivity (Wildman–Crippen MR) is 67.1 cm³/mol. The van der Waals surface area contributed by atoms with E-state index in [9.17, 15) is 4.79 Å². The first kappa shape index (κ1) is 14.1. The van der Waals surface area contributed by atoms with Crippen LogP contribution in [0.1, 0.15) is 42.6 Å². The van der Waals surface area contributed by atoms with Crippen LogP contribution >= 0.6 is 11.5 Å². The van der Waals surface area contributed by atoms with E-state index in [1.807, 2.05) is 20.8 Å². The van der Waals surface area contributed by atoms with E-state index in [1.54, 1.807) is 0 Å². The van der Waals surface area contributed by atoms with Crippen LogP contribution in [0.5, 0.6) is 0 Å². The van der Waals surface area contributed by atoms with E-state index in [1.165, 1.54) is 0 Å². The fourth-order valence-corrected chi connectivity index (χ4v) is 1.86. The number of carbonyl (C=O) groups is 1. The van der Waals surface area contributed by atoms with Crippen molar-refractivity contribution < 1.29 is 9.90 Å². The SMILES string of the molecule is CCCc1nnsc1C(=O)NCC(C)(C)CO. The second-order valence-electron chi connectivity index (χ2n) is 4.80. The minimum Gasteiger partial charge on any atom is -0.396 e. The summed E-state index contributed by atoms with van der Waals surface area (Å²) < 4.78 is 3.81. The standard InChI is InChI=1S/C11H19N3O2S/c1-4-5-8-9(17-14-13-8)10(16)12-6-11(2,3)7-15/h15H,4-7H2,1-3H3,(H,12,16). The minimum atomic E-state index is -0.307. The van der Waals surface area contributed by atoms with Crippen LogP contribution in [-0.4, -0.2) is 33.8 Å². The maximum absolute atomic E-state index is 11.9. The molecular weight excluding hydrogens is 238 g/mol. The Labute approximate surface area is 105 Å². The highest BCUT2D eigenvalue weighted by molar-refractivity contribution is 7.08. The van der Waals surface area contributed by atoms with E-state index < -0.39 is 0 Å². The molecule has 0 saturated heterocycles. The van der Waals surface area contributed by atoms with Gasteiger partial charge in [0.2, 0.25) is 0 Å².